The molecular formula is C24H18ClN5O7. The topological polar surface area (TPSA) is 158 Å². The number of aromatic nitrogens is 2. The molecular weight excluding hydrogens is 506 g/mol. The van der Waals surface area contributed by atoms with Crippen molar-refractivity contribution in [2.75, 3.05) is 19.0 Å². The average molecular weight is 524 g/mol. The summed E-state index contributed by atoms with van der Waals surface area (Å²) < 4.78 is 11.3. The summed E-state index contributed by atoms with van der Waals surface area (Å²) in [6.07, 6.45) is 1.10. The van der Waals surface area contributed by atoms with Gasteiger partial charge in [0.1, 0.15) is 0 Å². The first-order chi connectivity index (χ1) is 17.8. The molecule has 188 valence electrons. The molecule has 0 saturated carbocycles. The number of H-pyrrole nitrogens is 1. The number of fused-ring (bicyclic) bond motifs is 1. The van der Waals surface area contributed by atoms with E-state index in [4.69, 9.17) is 21.1 Å². The maximum absolute atomic E-state index is 12.7. The van der Waals surface area contributed by atoms with Gasteiger partial charge in [0, 0.05) is 22.3 Å². The minimum Gasteiger partial charge on any atom is -0.493 e. The number of nitrogens with one attached hydrogen (secondary N) is 2. The molecule has 0 atom stereocenters. The Morgan fingerprint density at radius 2 is 1.92 bits per heavy atom. The van der Waals surface area contributed by atoms with Gasteiger partial charge in [0.25, 0.3) is 11.5 Å². The summed E-state index contributed by atoms with van der Waals surface area (Å²) in [6.45, 7) is -0.547. The van der Waals surface area contributed by atoms with Gasteiger partial charge in [-0.1, -0.05) is 23.7 Å². The van der Waals surface area contributed by atoms with Crippen molar-refractivity contribution < 1.29 is 19.2 Å². The number of benzene rings is 3. The van der Waals surface area contributed by atoms with Crippen molar-refractivity contribution in [2.45, 2.75) is 0 Å². The van der Waals surface area contributed by atoms with Crippen LogP contribution in [-0.2, 0) is 4.79 Å². The zero-order valence-corrected chi connectivity index (χ0v) is 19.9. The van der Waals surface area contributed by atoms with Crippen molar-refractivity contribution in [1.29, 1.82) is 0 Å². The summed E-state index contributed by atoms with van der Waals surface area (Å²) in [4.78, 5) is 50.8. The number of para-hydroxylation sites is 1. The van der Waals surface area contributed by atoms with Crippen molar-refractivity contribution >= 4 is 46.0 Å². The zero-order chi connectivity index (χ0) is 26.5. The Morgan fingerprint density at radius 1 is 1.19 bits per heavy atom. The van der Waals surface area contributed by atoms with E-state index in [0.29, 0.717) is 20.9 Å². The molecule has 0 aliphatic rings. The second-order valence-electron chi connectivity index (χ2n) is 7.51. The summed E-state index contributed by atoms with van der Waals surface area (Å²) in [7, 11) is 1.26. The maximum atomic E-state index is 12.7. The number of hydrogen-bond acceptors (Lipinski definition) is 8. The third-order valence-electron chi connectivity index (χ3n) is 5.06. The highest BCUT2D eigenvalue weighted by molar-refractivity contribution is 6.30. The summed E-state index contributed by atoms with van der Waals surface area (Å²) in [6, 6.07) is 15.2. The molecule has 0 fully saturated rings. The first-order valence-corrected chi connectivity index (χ1v) is 11.0. The van der Waals surface area contributed by atoms with Gasteiger partial charge in [-0.3, -0.25) is 19.7 Å². The number of anilines is 1. The van der Waals surface area contributed by atoms with Crippen molar-refractivity contribution in [3.63, 3.8) is 0 Å². The van der Waals surface area contributed by atoms with Gasteiger partial charge in [-0.2, -0.15) is 5.10 Å². The van der Waals surface area contributed by atoms with Crippen molar-refractivity contribution in [3.8, 4) is 11.5 Å². The van der Waals surface area contributed by atoms with Crippen LogP contribution >= 0.6 is 11.6 Å². The highest BCUT2D eigenvalue weighted by Gasteiger charge is 2.23. The van der Waals surface area contributed by atoms with Crippen LogP contribution in [0.3, 0.4) is 0 Å². The standard InChI is InChI=1S/C24H18ClN5O7/c1-36-20-11-14(12-26-29-23(32)17-4-2-3-5-18(17)28-24(29)33)10-19(30(34)35)22(20)37-13-21(31)27-16-8-6-15(25)7-9-16/h2-12H,13H2,1H3,(H,27,31)(H,28,33). The van der Waals surface area contributed by atoms with Gasteiger partial charge in [-0.25, -0.2) is 4.79 Å². The molecule has 1 amide bonds. The smallest absolute Gasteiger partial charge is 0.349 e. The molecule has 0 radical (unpaired) electrons. The Bertz CT molecular complexity index is 1640. The number of methoxy groups -OCH3 is 1. The fourth-order valence-corrected chi connectivity index (χ4v) is 3.49. The van der Waals surface area contributed by atoms with E-state index in [1.165, 1.54) is 19.2 Å². The molecule has 12 nitrogen and oxygen atoms in total. The van der Waals surface area contributed by atoms with Crippen molar-refractivity contribution in [1.82, 2.24) is 9.66 Å². The maximum Gasteiger partial charge on any atom is 0.349 e. The number of hydrogen-bond donors (Lipinski definition) is 2. The van der Waals surface area contributed by atoms with Crippen LogP contribution in [0.2, 0.25) is 5.02 Å². The first kappa shape index (κ1) is 25.1. The van der Waals surface area contributed by atoms with E-state index in [0.717, 1.165) is 12.3 Å². The molecule has 1 heterocycles. The number of ether oxygens (including phenoxy) is 2. The van der Waals surface area contributed by atoms with Crippen LogP contribution in [-0.4, -0.2) is 40.4 Å². The van der Waals surface area contributed by atoms with Gasteiger partial charge < -0.3 is 19.8 Å². The van der Waals surface area contributed by atoms with Crippen molar-refractivity contribution in [2.24, 2.45) is 5.10 Å². The quantitative estimate of drug-likeness (QED) is 0.204. The number of carbonyl (C=O) groups is 1. The number of carbonyl (C=O) groups excluding carboxylic acids is 1. The van der Waals surface area contributed by atoms with E-state index >= 15 is 0 Å². The fraction of sp³-hybridized carbons (Fsp3) is 0.0833. The largest absolute Gasteiger partial charge is 0.493 e. The Labute approximate surface area is 212 Å². The molecule has 2 N–H and O–H groups in total. The summed E-state index contributed by atoms with van der Waals surface area (Å²) in [5.74, 6) is -0.912. The molecule has 0 unspecified atom stereocenters. The lowest BCUT2D eigenvalue weighted by molar-refractivity contribution is -0.385. The normalized spacial score (nSPS) is 11.0. The van der Waals surface area contributed by atoms with Crippen LogP contribution in [0.25, 0.3) is 10.9 Å². The first-order valence-electron chi connectivity index (χ1n) is 10.6. The minimum absolute atomic E-state index is 0.0605. The molecule has 37 heavy (non-hydrogen) atoms. The molecule has 3 aromatic carbocycles. The summed E-state index contributed by atoms with van der Waals surface area (Å²) >= 11 is 5.82. The molecule has 0 aliphatic heterocycles. The van der Waals surface area contributed by atoms with Gasteiger partial charge in [-0.15, -0.1) is 4.68 Å². The Hall–Kier alpha value is -4.97. The van der Waals surface area contributed by atoms with Gasteiger partial charge >= 0.3 is 11.4 Å². The monoisotopic (exact) mass is 523 g/mol. The number of amides is 1. The lowest BCUT2D eigenvalue weighted by Gasteiger charge is -2.12. The van der Waals surface area contributed by atoms with Crippen molar-refractivity contribution in [3.05, 3.63) is 102 Å². The lowest BCUT2D eigenvalue weighted by Crippen LogP contribution is -2.32. The molecule has 13 heteroatoms. The predicted octanol–water partition coefficient (Wildman–Crippen LogP) is 3.16. The number of nitro benzene ring substituents is 1. The summed E-state index contributed by atoms with van der Waals surface area (Å²) in [5, 5.41) is 19.0. The third-order valence-corrected chi connectivity index (χ3v) is 5.31. The van der Waals surface area contributed by atoms with Crippen LogP contribution in [0.1, 0.15) is 5.56 Å². The number of aromatic amines is 1. The second-order valence-corrected chi connectivity index (χ2v) is 7.95. The molecule has 4 rings (SSSR count). The summed E-state index contributed by atoms with van der Waals surface area (Å²) in [5.41, 5.74) is -1.01. The Kier molecular flexibility index (Phi) is 7.30. The van der Waals surface area contributed by atoms with Crippen LogP contribution in [0, 0.1) is 10.1 Å². The van der Waals surface area contributed by atoms with Crippen LogP contribution < -0.4 is 26.0 Å². The number of halogens is 1. The molecule has 4 aromatic rings. The van der Waals surface area contributed by atoms with Gasteiger partial charge in [0.15, 0.2) is 12.4 Å². The second kappa shape index (κ2) is 10.7. The predicted molar refractivity (Wildman–Crippen MR) is 137 cm³/mol. The van der Waals surface area contributed by atoms with Crippen LogP contribution in [0.4, 0.5) is 11.4 Å². The van der Waals surface area contributed by atoms with Crippen LogP contribution in [0.5, 0.6) is 11.5 Å². The lowest BCUT2D eigenvalue weighted by atomic mass is 10.2. The third kappa shape index (κ3) is 5.65. The molecule has 0 spiro atoms. The average Bonchev–Trinajstić information content (AvgIpc) is 2.88. The highest BCUT2D eigenvalue weighted by Crippen LogP contribution is 2.38. The van der Waals surface area contributed by atoms with Gasteiger partial charge in [0.2, 0.25) is 5.75 Å². The molecule has 0 bridgehead atoms. The van der Waals surface area contributed by atoms with Crippen LogP contribution in [0.15, 0.2) is 75.4 Å². The minimum atomic E-state index is -0.784. The number of nitrogens with zero attached hydrogens (tertiary/aromatic N) is 3. The van der Waals surface area contributed by atoms with Gasteiger partial charge in [0.05, 0.1) is 29.2 Å². The van der Waals surface area contributed by atoms with E-state index in [1.54, 1.807) is 42.5 Å². The zero-order valence-electron chi connectivity index (χ0n) is 19.1. The van der Waals surface area contributed by atoms with E-state index in [-0.39, 0.29) is 22.4 Å². The van der Waals surface area contributed by atoms with E-state index < -0.39 is 34.4 Å². The Balaban J connectivity index is 1.61. The number of rotatable bonds is 8. The molecule has 0 aliphatic carbocycles. The van der Waals surface area contributed by atoms with Gasteiger partial charge in [-0.05, 0) is 42.5 Å². The van der Waals surface area contributed by atoms with E-state index in [9.17, 15) is 24.5 Å². The number of nitro groups is 1. The SMILES string of the molecule is COc1cc(C=Nn2c(=O)[nH]c3ccccc3c2=O)cc([N+](=O)[O-])c1OCC(=O)Nc1ccc(Cl)cc1. The highest BCUT2D eigenvalue weighted by atomic mass is 35.5. The Morgan fingerprint density at radius 3 is 2.62 bits per heavy atom. The molecule has 1 aromatic heterocycles. The van der Waals surface area contributed by atoms with E-state index in [1.807, 2.05) is 0 Å². The fourth-order valence-electron chi connectivity index (χ4n) is 3.37. The molecule has 0 saturated heterocycles. The van der Waals surface area contributed by atoms with E-state index in [2.05, 4.69) is 15.4 Å².